The molecule has 1 aliphatic carbocycles. The number of rotatable bonds is 2. The molecule has 3 unspecified atom stereocenters. The van der Waals surface area contributed by atoms with E-state index < -0.39 is 0 Å². The monoisotopic (exact) mass is 281 g/mol. The molecule has 4 heteroatoms. The highest BCUT2D eigenvalue weighted by Gasteiger charge is 2.43. The lowest BCUT2D eigenvalue weighted by Gasteiger charge is -2.44. The van der Waals surface area contributed by atoms with E-state index in [-0.39, 0.29) is 23.5 Å². The highest BCUT2D eigenvalue weighted by atomic mass is 16.5. The molecule has 1 spiro atoms. The van der Waals surface area contributed by atoms with Gasteiger partial charge >= 0.3 is 0 Å². The van der Waals surface area contributed by atoms with E-state index in [9.17, 15) is 4.79 Å². The number of carbonyl (C=O) groups excluding carboxylic acids is 1. The van der Waals surface area contributed by atoms with E-state index in [2.05, 4.69) is 0 Å². The van der Waals surface area contributed by atoms with E-state index in [1.165, 1.54) is 6.42 Å². The van der Waals surface area contributed by atoms with E-state index in [0.717, 1.165) is 64.8 Å². The number of nitrogens with two attached hydrogens (primary N) is 1. The van der Waals surface area contributed by atoms with Gasteiger partial charge in [-0.1, -0.05) is 12.8 Å². The Morgan fingerprint density at radius 3 is 2.55 bits per heavy atom. The second kappa shape index (κ2) is 6.12. The van der Waals surface area contributed by atoms with Crippen molar-refractivity contribution in [3.8, 4) is 0 Å². The molecule has 0 aromatic carbocycles. The molecular formula is C16H27NO3. The summed E-state index contributed by atoms with van der Waals surface area (Å²) >= 11 is 0. The van der Waals surface area contributed by atoms with Crippen LogP contribution >= 0.6 is 0 Å². The van der Waals surface area contributed by atoms with Crippen molar-refractivity contribution in [1.82, 2.24) is 0 Å². The summed E-state index contributed by atoms with van der Waals surface area (Å²) in [6, 6.07) is 0.0877. The van der Waals surface area contributed by atoms with Gasteiger partial charge in [0.25, 0.3) is 0 Å². The van der Waals surface area contributed by atoms with Crippen molar-refractivity contribution in [2.24, 2.45) is 17.6 Å². The van der Waals surface area contributed by atoms with Gasteiger partial charge in [0.15, 0.2) is 0 Å². The topological polar surface area (TPSA) is 61.6 Å². The fraction of sp³-hybridized carbons (Fsp3) is 0.938. The number of hydrogen-bond acceptors (Lipinski definition) is 4. The van der Waals surface area contributed by atoms with Crippen LogP contribution in [0.15, 0.2) is 0 Å². The maximum absolute atomic E-state index is 12.8. The van der Waals surface area contributed by atoms with Gasteiger partial charge in [0.05, 0.1) is 5.60 Å². The zero-order chi connectivity index (χ0) is 14.0. The fourth-order valence-electron chi connectivity index (χ4n) is 4.18. The molecular weight excluding hydrogens is 254 g/mol. The van der Waals surface area contributed by atoms with Gasteiger partial charge in [-0.2, -0.15) is 0 Å². The third-order valence-corrected chi connectivity index (χ3v) is 5.48. The molecule has 114 valence electrons. The van der Waals surface area contributed by atoms with Crippen LogP contribution in [0.4, 0.5) is 0 Å². The molecule has 3 aliphatic rings. The van der Waals surface area contributed by atoms with Gasteiger partial charge < -0.3 is 15.2 Å². The molecule has 3 rings (SSSR count). The highest BCUT2D eigenvalue weighted by Crippen LogP contribution is 2.39. The minimum Gasteiger partial charge on any atom is -0.381 e. The highest BCUT2D eigenvalue weighted by molar-refractivity contribution is 5.84. The Morgan fingerprint density at radius 1 is 1.05 bits per heavy atom. The average molecular weight is 281 g/mol. The van der Waals surface area contributed by atoms with Gasteiger partial charge in [-0.15, -0.1) is 0 Å². The summed E-state index contributed by atoms with van der Waals surface area (Å²) in [4.78, 5) is 12.8. The number of carbonyl (C=O) groups is 1. The first-order valence-corrected chi connectivity index (χ1v) is 8.21. The van der Waals surface area contributed by atoms with E-state index >= 15 is 0 Å². The van der Waals surface area contributed by atoms with Crippen molar-refractivity contribution in [3.05, 3.63) is 0 Å². The molecule has 0 radical (unpaired) electrons. The van der Waals surface area contributed by atoms with Crippen LogP contribution in [-0.2, 0) is 14.3 Å². The van der Waals surface area contributed by atoms with Gasteiger partial charge in [-0.25, -0.2) is 0 Å². The Kier molecular flexibility index (Phi) is 4.43. The first-order chi connectivity index (χ1) is 9.70. The van der Waals surface area contributed by atoms with Crippen molar-refractivity contribution in [2.45, 2.75) is 63.0 Å². The van der Waals surface area contributed by atoms with Gasteiger partial charge in [-0.05, 0) is 38.5 Å². The zero-order valence-corrected chi connectivity index (χ0v) is 12.3. The molecule has 4 nitrogen and oxygen atoms in total. The molecule has 2 aliphatic heterocycles. The zero-order valence-electron chi connectivity index (χ0n) is 12.3. The van der Waals surface area contributed by atoms with Crippen molar-refractivity contribution in [2.75, 3.05) is 19.8 Å². The summed E-state index contributed by atoms with van der Waals surface area (Å²) in [6.07, 6.45) is 7.99. The normalized spacial score (nSPS) is 37.8. The Hall–Kier alpha value is -0.450. The lowest BCUT2D eigenvalue weighted by Crippen LogP contribution is -2.48. The van der Waals surface area contributed by atoms with Crippen LogP contribution in [-0.4, -0.2) is 37.2 Å². The van der Waals surface area contributed by atoms with Gasteiger partial charge in [0.1, 0.15) is 5.78 Å². The van der Waals surface area contributed by atoms with E-state index in [1.54, 1.807) is 0 Å². The maximum Gasteiger partial charge on any atom is 0.140 e. The van der Waals surface area contributed by atoms with Crippen molar-refractivity contribution < 1.29 is 14.3 Å². The quantitative estimate of drug-likeness (QED) is 0.841. The molecule has 2 N–H and O–H groups in total. The molecule has 0 amide bonds. The van der Waals surface area contributed by atoms with E-state index in [0.29, 0.717) is 5.78 Å². The van der Waals surface area contributed by atoms with Gasteiger partial charge in [0, 0.05) is 37.7 Å². The van der Waals surface area contributed by atoms with Crippen molar-refractivity contribution >= 4 is 5.78 Å². The summed E-state index contributed by atoms with van der Waals surface area (Å²) in [7, 11) is 0. The Labute approximate surface area is 121 Å². The van der Waals surface area contributed by atoms with Crippen LogP contribution in [0.25, 0.3) is 0 Å². The molecule has 0 bridgehead atoms. The van der Waals surface area contributed by atoms with Gasteiger partial charge in [0.2, 0.25) is 0 Å². The molecule has 1 saturated carbocycles. The molecule has 0 aromatic heterocycles. The SMILES string of the molecule is NC1CCCCC1C(=O)C1CCOC2(CCOCC2)C1. The predicted octanol–water partition coefficient (Wildman–Crippen LogP) is 2.05. The smallest absolute Gasteiger partial charge is 0.140 e. The minimum atomic E-state index is -0.0877. The summed E-state index contributed by atoms with van der Waals surface area (Å²) in [5.41, 5.74) is 6.10. The molecule has 0 aromatic rings. The summed E-state index contributed by atoms with van der Waals surface area (Å²) in [5.74, 6) is 0.686. The Balaban J connectivity index is 1.65. The van der Waals surface area contributed by atoms with Crippen molar-refractivity contribution in [3.63, 3.8) is 0 Å². The second-order valence-corrected chi connectivity index (χ2v) is 6.79. The maximum atomic E-state index is 12.8. The molecule has 2 saturated heterocycles. The van der Waals surface area contributed by atoms with Crippen LogP contribution in [0, 0.1) is 11.8 Å². The number of ketones is 1. The van der Waals surface area contributed by atoms with E-state index in [4.69, 9.17) is 15.2 Å². The molecule has 2 heterocycles. The minimum absolute atomic E-state index is 0.0877. The predicted molar refractivity (Wildman–Crippen MR) is 76.4 cm³/mol. The molecule has 20 heavy (non-hydrogen) atoms. The first kappa shape index (κ1) is 14.5. The standard InChI is InChI=1S/C16H27NO3/c17-14-4-2-1-3-13(14)15(18)12-5-8-20-16(11-12)6-9-19-10-7-16/h12-14H,1-11,17H2. The Bertz CT molecular complexity index is 346. The number of ether oxygens (including phenoxy) is 2. The van der Waals surface area contributed by atoms with Gasteiger partial charge in [-0.3, -0.25) is 4.79 Å². The summed E-state index contributed by atoms with van der Waals surface area (Å²) in [6.45, 7) is 2.26. The number of Topliss-reactive ketones (excluding diaryl/α,β-unsaturated/α-hetero) is 1. The molecule has 3 atom stereocenters. The van der Waals surface area contributed by atoms with Crippen LogP contribution in [0.2, 0.25) is 0 Å². The van der Waals surface area contributed by atoms with Crippen LogP contribution < -0.4 is 5.73 Å². The third kappa shape index (κ3) is 2.92. The van der Waals surface area contributed by atoms with Crippen LogP contribution in [0.1, 0.15) is 51.4 Å². The largest absolute Gasteiger partial charge is 0.381 e. The lowest BCUT2D eigenvalue weighted by atomic mass is 9.72. The second-order valence-electron chi connectivity index (χ2n) is 6.79. The van der Waals surface area contributed by atoms with Crippen LogP contribution in [0.5, 0.6) is 0 Å². The lowest BCUT2D eigenvalue weighted by molar-refractivity contribution is -0.159. The average Bonchev–Trinajstić information content (AvgIpc) is 2.48. The van der Waals surface area contributed by atoms with Crippen molar-refractivity contribution in [1.29, 1.82) is 0 Å². The fourth-order valence-corrected chi connectivity index (χ4v) is 4.18. The first-order valence-electron chi connectivity index (χ1n) is 8.21. The number of hydrogen-bond donors (Lipinski definition) is 1. The van der Waals surface area contributed by atoms with E-state index in [1.807, 2.05) is 0 Å². The summed E-state index contributed by atoms with van der Waals surface area (Å²) in [5, 5.41) is 0. The van der Waals surface area contributed by atoms with Crippen LogP contribution in [0.3, 0.4) is 0 Å². The molecule has 3 fully saturated rings. The Morgan fingerprint density at radius 2 is 1.80 bits per heavy atom. The third-order valence-electron chi connectivity index (χ3n) is 5.48. The summed E-state index contributed by atoms with van der Waals surface area (Å²) < 4.78 is 11.5.